The maximum Gasteiger partial charge on any atom is 0.240 e. The molecule has 0 aromatic heterocycles. The summed E-state index contributed by atoms with van der Waals surface area (Å²) in [7, 11) is 0. The van der Waals surface area contributed by atoms with Crippen LogP contribution in [0.15, 0.2) is 0 Å². The zero-order valence-corrected chi connectivity index (χ0v) is 9.08. The van der Waals surface area contributed by atoms with Gasteiger partial charge in [-0.3, -0.25) is 10.1 Å². The van der Waals surface area contributed by atoms with E-state index in [0.717, 1.165) is 32.6 Å². The highest BCUT2D eigenvalue weighted by Gasteiger charge is 2.28. The molecule has 0 aliphatic carbocycles. The fraction of sp³-hybridized carbons (Fsp3) is 0.900. The average molecular weight is 200 g/mol. The summed E-state index contributed by atoms with van der Waals surface area (Å²) < 4.78 is 5.22. The molecule has 4 heteroatoms. The van der Waals surface area contributed by atoms with E-state index in [9.17, 15) is 4.79 Å². The Balaban J connectivity index is 2.16. The van der Waals surface area contributed by atoms with Gasteiger partial charge in [-0.25, -0.2) is 0 Å². The molecule has 0 saturated carbocycles. The Labute approximate surface area is 85.6 Å². The van der Waals surface area contributed by atoms with Crippen LogP contribution in [0.2, 0.25) is 0 Å². The summed E-state index contributed by atoms with van der Waals surface area (Å²) in [6.45, 7) is 7.02. The molecule has 0 bridgehead atoms. The number of ether oxygens (including phenoxy) is 1. The molecule has 1 N–H and O–H groups in total. The molecule has 0 spiro atoms. The first-order valence-corrected chi connectivity index (χ1v) is 5.39. The number of amides is 1. The van der Waals surface area contributed by atoms with Crippen LogP contribution in [-0.4, -0.2) is 43.3 Å². The lowest BCUT2D eigenvalue weighted by molar-refractivity contribution is -0.129. The second kappa shape index (κ2) is 5.98. The number of carbonyl (C=O) groups excluding carboxylic acids is 1. The molecule has 1 heterocycles. The highest BCUT2D eigenvalue weighted by molar-refractivity contribution is 5.83. The Bertz CT molecular complexity index is 185. The third-order valence-electron chi connectivity index (χ3n) is 2.47. The summed E-state index contributed by atoms with van der Waals surface area (Å²) in [4.78, 5) is 13.5. The second-order valence-corrected chi connectivity index (χ2v) is 3.48. The number of rotatable bonds is 6. The normalized spacial score (nSPS) is 22.0. The van der Waals surface area contributed by atoms with Gasteiger partial charge in [0.1, 0.15) is 0 Å². The first-order chi connectivity index (χ1) is 6.79. The fourth-order valence-corrected chi connectivity index (χ4v) is 1.62. The Hall–Kier alpha value is -0.610. The summed E-state index contributed by atoms with van der Waals surface area (Å²) in [6.07, 6.45) is 1.80. The van der Waals surface area contributed by atoms with E-state index in [-0.39, 0.29) is 11.9 Å². The molecule has 1 aliphatic heterocycles. The molecule has 1 amide bonds. The van der Waals surface area contributed by atoms with E-state index < -0.39 is 0 Å². The van der Waals surface area contributed by atoms with Gasteiger partial charge in [0.05, 0.1) is 12.7 Å². The molecule has 82 valence electrons. The zero-order chi connectivity index (χ0) is 10.4. The Morgan fingerprint density at radius 3 is 2.93 bits per heavy atom. The molecule has 1 atom stereocenters. The van der Waals surface area contributed by atoms with Crippen LogP contribution >= 0.6 is 0 Å². The molecular formula is C10H20N2O2. The van der Waals surface area contributed by atoms with Crippen molar-refractivity contribution in [1.82, 2.24) is 10.2 Å². The van der Waals surface area contributed by atoms with E-state index in [0.29, 0.717) is 6.67 Å². The lowest BCUT2D eigenvalue weighted by atomic mass is 10.2. The fourth-order valence-electron chi connectivity index (χ4n) is 1.62. The second-order valence-electron chi connectivity index (χ2n) is 3.48. The third-order valence-corrected chi connectivity index (χ3v) is 2.47. The molecule has 1 fully saturated rings. The minimum atomic E-state index is 0.0436. The van der Waals surface area contributed by atoms with Crippen molar-refractivity contribution < 1.29 is 9.53 Å². The maximum atomic E-state index is 11.6. The van der Waals surface area contributed by atoms with Gasteiger partial charge in [0, 0.05) is 19.8 Å². The van der Waals surface area contributed by atoms with Crippen LogP contribution in [0.5, 0.6) is 0 Å². The van der Waals surface area contributed by atoms with Crippen molar-refractivity contribution in [1.29, 1.82) is 0 Å². The first kappa shape index (κ1) is 11.5. The van der Waals surface area contributed by atoms with Crippen LogP contribution in [0.25, 0.3) is 0 Å². The van der Waals surface area contributed by atoms with E-state index in [1.807, 2.05) is 18.7 Å². The Morgan fingerprint density at radius 2 is 2.36 bits per heavy atom. The van der Waals surface area contributed by atoms with Gasteiger partial charge in [-0.15, -0.1) is 0 Å². The van der Waals surface area contributed by atoms with Crippen LogP contribution in [0, 0.1) is 0 Å². The van der Waals surface area contributed by atoms with Gasteiger partial charge in [-0.05, 0) is 19.8 Å². The van der Waals surface area contributed by atoms with Crippen LogP contribution in [0.4, 0.5) is 0 Å². The average Bonchev–Trinajstić information content (AvgIpc) is 2.55. The van der Waals surface area contributed by atoms with E-state index in [1.54, 1.807) is 0 Å². The van der Waals surface area contributed by atoms with E-state index >= 15 is 0 Å². The lowest BCUT2D eigenvalue weighted by Gasteiger charge is -2.14. The molecule has 0 aromatic rings. The molecule has 1 saturated heterocycles. The number of carbonyl (C=O) groups is 1. The molecule has 14 heavy (non-hydrogen) atoms. The lowest BCUT2D eigenvalue weighted by Crippen LogP contribution is -2.31. The van der Waals surface area contributed by atoms with Crippen molar-refractivity contribution in [3.63, 3.8) is 0 Å². The predicted octanol–water partition coefficient (Wildman–Crippen LogP) is 0.581. The van der Waals surface area contributed by atoms with Crippen molar-refractivity contribution in [2.45, 2.75) is 32.7 Å². The van der Waals surface area contributed by atoms with E-state index in [4.69, 9.17) is 4.74 Å². The minimum Gasteiger partial charge on any atom is -0.382 e. The smallest absolute Gasteiger partial charge is 0.240 e. The van der Waals surface area contributed by atoms with Crippen molar-refractivity contribution >= 4 is 5.91 Å². The van der Waals surface area contributed by atoms with Crippen molar-refractivity contribution in [3.8, 4) is 0 Å². The molecule has 1 aliphatic rings. The van der Waals surface area contributed by atoms with Gasteiger partial charge in [0.15, 0.2) is 0 Å². The molecule has 0 aromatic carbocycles. The van der Waals surface area contributed by atoms with Crippen LogP contribution in [-0.2, 0) is 9.53 Å². The monoisotopic (exact) mass is 200 g/mol. The van der Waals surface area contributed by atoms with Gasteiger partial charge in [-0.2, -0.15) is 0 Å². The SMILES string of the molecule is CCOCCCN1CNC(CC)C1=O. The standard InChI is InChI=1S/C10H20N2O2/c1-3-9-10(13)12(8-11-9)6-5-7-14-4-2/h9,11H,3-8H2,1-2H3. The minimum absolute atomic E-state index is 0.0436. The van der Waals surface area contributed by atoms with Crippen LogP contribution < -0.4 is 5.32 Å². The zero-order valence-electron chi connectivity index (χ0n) is 9.08. The van der Waals surface area contributed by atoms with Crippen molar-refractivity contribution in [2.24, 2.45) is 0 Å². The molecule has 0 radical (unpaired) electrons. The van der Waals surface area contributed by atoms with E-state index in [1.165, 1.54) is 0 Å². The van der Waals surface area contributed by atoms with Crippen LogP contribution in [0.3, 0.4) is 0 Å². The van der Waals surface area contributed by atoms with Gasteiger partial charge < -0.3 is 9.64 Å². The quantitative estimate of drug-likeness (QED) is 0.638. The van der Waals surface area contributed by atoms with Gasteiger partial charge in [0.2, 0.25) is 5.91 Å². The molecule has 1 unspecified atom stereocenters. The highest BCUT2D eigenvalue weighted by Crippen LogP contribution is 2.06. The Kier molecular flexibility index (Phi) is 4.90. The van der Waals surface area contributed by atoms with Crippen molar-refractivity contribution in [3.05, 3.63) is 0 Å². The summed E-state index contributed by atoms with van der Waals surface area (Å²) in [5, 5.41) is 3.18. The first-order valence-electron chi connectivity index (χ1n) is 5.39. The summed E-state index contributed by atoms with van der Waals surface area (Å²) in [5.41, 5.74) is 0. The van der Waals surface area contributed by atoms with Gasteiger partial charge in [0.25, 0.3) is 0 Å². The number of nitrogens with one attached hydrogen (secondary N) is 1. The predicted molar refractivity (Wildman–Crippen MR) is 54.9 cm³/mol. The van der Waals surface area contributed by atoms with Crippen molar-refractivity contribution in [2.75, 3.05) is 26.4 Å². The van der Waals surface area contributed by atoms with Crippen LogP contribution in [0.1, 0.15) is 26.7 Å². The molecule has 4 nitrogen and oxygen atoms in total. The van der Waals surface area contributed by atoms with Gasteiger partial charge in [-0.1, -0.05) is 6.92 Å². The van der Waals surface area contributed by atoms with Gasteiger partial charge >= 0.3 is 0 Å². The number of nitrogens with zero attached hydrogens (tertiary/aromatic N) is 1. The number of hydrogen-bond acceptors (Lipinski definition) is 3. The highest BCUT2D eigenvalue weighted by atomic mass is 16.5. The topological polar surface area (TPSA) is 41.6 Å². The summed E-state index contributed by atoms with van der Waals surface area (Å²) >= 11 is 0. The maximum absolute atomic E-state index is 11.6. The Morgan fingerprint density at radius 1 is 1.57 bits per heavy atom. The number of hydrogen-bond donors (Lipinski definition) is 1. The third kappa shape index (κ3) is 2.96. The summed E-state index contributed by atoms with van der Waals surface area (Å²) in [5.74, 6) is 0.240. The largest absolute Gasteiger partial charge is 0.382 e. The molecular weight excluding hydrogens is 180 g/mol. The molecule has 1 rings (SSSR count). The summed E-state index contributed by atoms with van der Waals surface area (Å²) in [6, 6.07) is 0.0436. The van der Waals surface area contributed by atoms with E-state index in [2.05, 4.69) is 5.32 Å².